The zero-order chi connectivity index (χ0) is 19.3. The van der Waals surface area contributed by atoms with Crippen LogP contribution in [0.1, 0.15) is 17.7 Å². The zero-order valence-corrected chi connectivity index (χ0v) is 16.1. The van der Waals surface area contributed by atoms with E-state index in [1.807, 2.05) is 37.3 Å². The SMILES string of the molecule is Cc1ccc(S(=O)(=O)N(C)/C=C/CC#Cc2cc3ccccc3cn2)cc1. The summed E-state index contributed by atoms with van der Waals surface area (Å²) in [5, 5.41) is 2.17. The van der Waals surface area contributed by atoms with Gasteiger partial charge in [0.2, 0.25) is 0 Å². The van der Waals surface area contributed by atoms with Gasteiger partial charge in [-0.2, -0.15) is 0 Å². The van der Waals surface area contributed by atoms with E-state index in [0.717, 1.165) is 16.3 Å². The fraction of sp³-hybridized carbons (Fsp3) is 0.136. The highest BCUT2D eigenvalue weighted by atomic mass is 32.2. The van der Waals surface area contributed by atoms with E-state index >= 15 is 0 Å². The van der Waals surface area contributed by atoms with Crippen molar-refractivity contribution in [3.63, 3.8) is 0 Å². The molecule has 0 aliphatic rings. The molecule has 4 nitrogen and oxygen atoms in total. The van der Waals surface area contributed by atoms with E-state index in [1.54, 1.807) is 36.5 Å². The van der Waals surface area contributed by atoms with Crippen molar-refractivity contribution < 1.29 is 8.42 Å². The summed E-state index contributed by atoms with van der Waals surface area (Å²) in [5.41, 5.74) is 1.72. The number of fused-ring (bicyclic) bond motifs is 1. The molecule has 0 spiro atoms. The Morgan fingerprint density at radius 3 is 2.52 bits per heavy atom. The maximum atomic E-state index is 12.5. The third-order valence-electron chi connectivity index (χ3n) is 4.08. The van der Waals surface area contributed by atoms with Gasteiger partial charge in [0.15, 0.2) is 0 Å². The molecule has 3 aromatic rings. The number of benzene rings is 2. The highest BCUT2D eigenvalue weighted by Gasteiger charge is 2.17. The van der Waals surface area contributed by atoms with Crippen LogP contribution in [0.25, 0.3) is 10.8 Å². The van der Waals surface area contributed by atoms with Gasteiger partial charge in [0, 0.05) is 31.3 Å². The number of aryl methyl sites for hydroxylation is 1. The summed E-state index contributed by atoms with van der Waals surface area (Å²) in [6, 6.07) is 16.7. The van der Waals surface area contributed by atoms with Gasteiger partial charge in [0.25, 0.3) is 10.0 Å². The lowest BCUT2D eigenvalue weighted by Crippen LogP contribution is -2.21. The van der Waals surface area contributed by atoms with Crippen LogP contribution in [0.4, 0.5) is 0 Å². The molecule has 0 saturated carbocycles. The molecule has 0 bridgehead atoms. The van der Waals surface area contributed by atoms with Crippen molar-refractivity contribution in [1.29, 1.82) is 0 Å². The maximum absolute atomic E-state index is 12.5. The molecular formula is C22H20N2O2S. The molecule has 0 atom stereocenters. The molecule has 0 amide bonds. The second-order valence-electron chi connectivity index (χ2n) is 6.14. The molecule has 3 rings (SSSR count). The van der Waals surface area contributed by atoms with E-state index < -0.39 is 10.0 Å². The predicted octanol–water partition coefficient (Wildman–Crippen LogP) is 4.12. The minimum Gasteiger partial charge on any atom is -0.277 e. The largest absolute Gasteiger partial charge is 0.277 e. The van der Waals surface area contributed by atoms with Crippen LogP contribution < -0.4 is 0 Å². The van der Waals surface area contributed by atoms with Crippen LogP contribution >= 0.6 is 0 Å². The molecule has 136 valence electrons. The summed E-state index contributed by atoms with van der Waals surface area (Å²) in [5.74, 6) is 6.01. The molecule has 2 aromatic carbocycles. The smallest absolute Gasteiger partial charge is 0.263 e. The molecule has 0 radical (unpaired) electrons. The molecule has 0 aliphatic carbocycles. The zero-order valence-electron chi connectivity index (χ0n) is 15.3. The van der Waals surface area contributed by atoms with Crippen molar-refractivity contribution in [1.82, 2.24) is 9.29 Å². The van der Waals surface area contributed by atoms with Crippen LogP contribution in [0.2, 0.25) is 0 Å². The monoisotopic (exact) mass is 376 g/mol. The summed E-state index contributed by atoms with van der Waals surface area (Å²) in [4.78, 5) is 4.59. The highest BCUT2D eigenvalue weighted by molar-refractivity contribution is 7.89. The quantitative estimate of drug-likeness (QED) is 0.644. The lowest BCUT2D eigenvalue weighted by atomic mass is 10.1. The first-order chi connectivity index (χ1) is 13.0. The van der Waals surface area contributed by atoms with E-state index in [0.29, 0.717) is 12.1 Å². The standard InChI is InChI=1S/C22H20N2O2S/c1-18-11-13-22(14-12-18)27(25,26)24(2)15-7-3-4-10-21-16-19-8-5-6-9-20(19)17-23-21/h5-9,11-17H,3H2,1-2H3/b15-7+. The van der Waals surface area contributed by atoms with E-state index in [9.17, 15) is 8.42 Å². The van der Waals surface area contributed by atoms with E-state index in [1.165, 1.54) is 17.6 Å². The Morgan fingerprint density at radius 1 is 1.07 bits per heavy atom. The summed E-state index contributed by atoms with van der Waals surface area (Å²) in [6.45, 7) is 1.92. The summed E-state index contributed by atoms with van der Waals surface area (Å²) in [7, 11) is -2.02. The lowest BCUT2D eigenvalue weighted by molar-refractivity contribution is 0.538. The van der Waals surface area contributed by atoms with Crippen molar-refractivity contribution in [2.24, 2.45) is 0 Å². The van der Waals surface area contributed by atoms with Crippen molar-refractivity contribution >= 4 is 20.8 Å². The Hall–Kier alpha value is -3.10. The molecular weight excluding hydrogens is 356 g/mol. The van der Waals surface area contributed by atoms with Gasteiger partial charge in [0.1, 0.15) is 5.69 Å². The predicted molar refractivity (Wildman–Crippen MR) is 109 cm³/mol. The number of allylic oxidation sites excluding steroid dienone is 1. The first-order valence-corrected chi connectivity index (χ1v) is 9.96. The van der Waals surface area contributed by atoms with Crippen LogP contribution in [0.3, 0.4) is 0 Å². The van der Waals surface area contributed by atoms with Crippen LogP contribution in [0, 0.1) is 18.8 Å². The van der Waals surface area contributed by atoms with Gasteiger partial charge >= 0.3 is 0 Å². The van der Waals surface area contributed by atoms with Gasteiger partial charge in [0.05, 0.1) is 4.90 Å². The number of aromatic nitrogens is 1. The van der Waals surface area contributed by atoms with Crippen LogP contribution in [0.5, 0.6) is 0 Å². The van der Waals surface area contributed by atoms with E-state index in [2.05, 4.69) is 16.8 Å². The molecule has 1 heterocycles. The number of rotatable bonds is 4. The highest BCUT2D eigenvalue weighted by Crippen LogP contribution is 2.15. The summed E-state index contributed by atoms with van der Waals surface area (Å²) >= 11 is 0. The van der Waals surface area contributed by atoms with Gasteiger partial charge in [-0.05, 0) is 36.4 Å². The Balaban J connectivity index is 1.65. The van der Waals surface area contributed by atoms with Gasteiger partial charge in [-0.1, -0.05) is 54.0 Å². The number of pyridine rings is 1. The maximum Gasteiger partial charge on any atom is 0.263 e. The van der Waals surface area contributed by atoms with Crippen molar-refractivity contribution in [2.75, 3.05) is 7.05 Å². The normalized spacial score (nSPS) is 11.3. The van der Waals surface area contributed by atoms with Gasteiger partial charge in [-0.3, -0.25) is 4.31 Å². The molecule has 5 heteroatoms. The Kier molecular flexibility index (Phi) is 5.58. The third kappa shape index (κ3) is 4.55. The van der Waals surface area contributed by atoms with Crippen LogP contribution in [-0.4, -0.2) is 24.8 Å². The second-order valence-corrected chi connectivity index (χ2v) is 8.14. The Bertz CT molecular complexity index is 1140. The van der Waals surface area contributed by atoms with Gasteiger partial charge < -0.3 is 0 Å². The van der Waals surface area contributed by atoms with Crippen molar-refractivity contribution in [2.45, 2.75) is 18.2 Å². The van der Waals surface area contributed by atoms with Crippen LogP contribution in [-0.2, 0) is 10.0 Å². The number of hydrogen-bond acceptors (Lipinski definition) is 3. The number of nitrogens with zero attached hydrogens (tertiary/aromatic N) is 2. The number of hydrogen-bond donors (Lipinski definition) is 0. The Labute approximate surface area is 160 Å². The molecule has 1 aromatic heterocycles. The van der Waals surface area contributed by atoms with Gasteiger partial charge in [-0.15, -0.1) is 0 Å². The van der Waals surface area contributed by atoms with E-state index in [4.69, 9.17) is 0 Å². The molecule has 0 aliphatic heterocycles. The van der Waals surface area contributed by atoms with Crippen LogP contribution in [0.15, 0.2) is 78.0 Å². The molecule has 27 heavy (non-hydrogen) atoms. The van der Waals surface area contributed by atoms with Crippen molar-refractivity contribution in [3.05, 3.63) is 84.3 Å². The minimum absolute atomic E-state index is 0.270. The minimum atomic E-state index is -3.53. The summed E-state index contributed by atoms with van der Waals surface area (Å²) < 4.78 is 26.2. The van der Waals surface area contributed by atoms with E-state index in [-0.39, 0.29) is 4.90 Å². The first-order valence-electron chi connectivity index (χ1n) is 8.52. The topological polar surface area (TPSA) is 50.3 Å². The fourth-order valence-electron chi connectivity index (χ4n) is 2.51. The van der Waals surface area contributed by atoms with Gasteiger partial charge in [-0.25, -0.2) is 13.4 Å². The third-order valence-corrected chi connectivity index (χ3v) is 5.83. The average molecular weight is 376 g/mol. The Morgan fingerprint density at radius 2 is 1.78 bits per heavy atom. The lowest BCUT2D eigenvalue weighted by Gasteiger charge is -2.14. The molecule has 0 unspecified atom stereocenters. The fourth-order valence-corrected chi connectivity index (χ4v) is 3.57. The molecule has 0 saturated heterocycles. The second kappa shape index (κ2) is 8.07. The average Bonchev–Trinajstić information content (AvgIpc) is 2.67. The first kappa shape index (κ1) is 18.7. The van der Waals surface area contributed by atoms with Crippen molar-refractivity contribution in [3.8, 4) is 11.8 Å². The number of sulfonamides is 1. The molecule has 0 N–H and O–H groups in total. The summed E-state index contributed by atoms with van der Waals surface area (Å²) in [6.07, 6.45) is 5.48. The molecule has 0 fully saturated rings.